The molecule has 130 valence electrons. The van der Waals surface area contributed by atoms with Crippen LogP contribution in [-0.4, -0.2) is 43.1 Å². The Bertz CT molecular complexity index is 896. The molecule has 3 aromatic rings. The number of aryl methyl sites for hydroxylation is 1. The molecular weight excluding hydrogens is 325 g/mol. The summed E-state index contributed by atoms with van der Waals surface area (Å²) in [6.45, 7) is 1.88. The number of aliphatic hydroxyl groups excluding tert-OH is 2. The third kappa shape index (κ3) is 2.80. The molecule has 0 bridgehead atoms. The average molecular weight is 343 g/mol. The van der Waals surface area contributed by atoms with Gasteiger partial charge in [-0.15, -0.1) is 0 Å². The van der Waals surface area contributed by atoms with Gasteiger partial charge < -0.3 is 19.5 Å². The average Bonchev–Trinajstić information content (AvgIpc) is 3.14. The van der Waals surface area contributed by atoms with Crippen LogP contribution in [0.25, 0.3) is 11.0 Å². The quantitative estimate of drug-likeness (QED) is 0.757. The molecule has 7 heteroatoms. The molecule has 1 fully saturated rings. The van der Waals surface area contributed by atoms with Crippen molar-refractivity contribution >= 4 is 11.0 Å². The maximum atomic E-state index is 13.0. The fraction of sp³-hybridized carbons (Fsp3) is 0.333. The van der Waals surface area contributed by atoms with Crippen LogP contribution < -0.4 is 0 Å². The van der Waals surface area contributed by atoms with Gasteiger partial charge in [-0.05, 0) is 30.7 Å². The number of hydrogen-bond donors (Lipinski definition) is 2. The van der Waals surface area contributed by atoms with E-state index in [1.165, 1.54) is 18.5 Å². The molecule has 3 heterocycles. The zero-order valence-corrected chi connectivity index (χ0v) is 13.6. The lowest BCUT2D eigenvalue weighted by Gasteiger charge is -2.17. The lowest BCUT2D eigenvalue weighted by Crippen LogP contribution is -2.32. The van der Waals surface area contributed by atoms with Crippen molar-refractivity contribution in [1.82, 2.24) is 14.5 Å². The number of halogens is 1. The summed E-state index contributed by atoms with van der Waals surface area (Å²) in [5, 5.41) is 21.7. The Balaban J connectivity index is 1.61. The molecule has 1 unspecified atom stereocenters. The van der Waals surface area contributed by atoms with E-state index in [1.54, 1.807) is 22.9 Å². The summed E-state index contributed by atoms with van der Waals surface area (Å²) >= 11 is 0. The van der Waals surface area contributed by atoms with Gasteiger partial charge >= 0.3 is 0 Å². The van der Waals surface area contributed by atoms with Crippen LogP contribution in [0.3, 0.4) is 0 Å². The lowest BCUT2D eigenvalue weighted by atomic mass is 10.0. The zero-order chi connectivity index (χ0) is 17.6. The van der Waals surface area contributed by atoms with Crippen molar-refractivity contribution in [3.05, 3.63) is 59.9 Å². The maximum Gasteiger partial charge on any atom is 0.164 e. The highest BCUT2D eigenvalue weighted by Gasteiger charge is 2.43. The summed E-state index contributed by atoms with van der Waals surface area (Å²) in [5.41, 5.74) is 2.31. The predicted octanol–water partition coefficient (Wildman–Crippen LogP) is 1.74. The number of benzene rings is 1. The van der Waals surface area contributed by atoms with Crippen LogP contribution in [0.1, 0.15) is 17.5 Å². The van der Waals surface area contributed by atoms with Gasteiger partial charge in [-0.3, -0.25) is 0 Å². The molecule has 6 nitrogen and oxygen atoms in total. The molecule has 1 aliphatic rings. The first-order valence-electron chi connectivity index (χ1n) is 8.09. The predicted molar refractivity (Wildman–Crippen MR) is 88.3 cm³/mol. The van der Waals surface area contributed by atoms with Crippen molar-refractivity contribution in [3.8, 4) is 0 Å². The van der Waals surface area contributed by atoms with E-state index >= 15 is 0 Å². The minimum Gasteiger partial charge on any atom is -0.388 e. The minimum absolute atomic E-state index is 0.316. The molecule has 4 rings (SSSR count). The number of aromatic nitrogens is 3. The number of rotatable bonds is 3. The Kier molecular flexibility index (Phi) is 3.99. The van der Waals surface area contributed by atoms with Crippen molar-refractivity contribution < 1.29 is 19.3 Å². The SMILES string of the molecule is Cc1ncnc2c1ccn2[C@H]1OC(Cc2ccc(F)cc2)[C@@H](O)[C@H]1O. The Morgan fingerprint density at radius 1 is 1.12 bits per heavy atom. The highest BCUT2D eigenvalue weighted by molar-refractivity contribution is 5.78. The van der Waals surface area contributed by atoms with Gasteiger partial charge in [0.25, 0.3) is 0 Å². The van der Waals surface area contributed by atoms with Crippen LogP contribution >= 0.6 is 0 Å². The maximum absolute atomic E-state index is 13.0. The first-order chi connectivity index (χ1) is 12.0. The molecule has 2 N–H and O–H groups in total. The van der Waals surface area contributed by atoms with Crippen LogP contribution in [0, 0.1) is 12.7 Å². The molecule has 25 heavy (non-hydrogen) atoms. The lowest BCUT2D eigenvalue weighted by molar-refractivity contribution is -0.0341. The fourth-order valence-corrected chi connectivity index (χ4v) is 3.28. The van der Waals surface area contributed by atoms with Crippen LogP contribution in [-0.2, 0) is 11.2 Å². The smallest absolute Gasteiger partial charge is 0.164 e. The molecule has 1 aliphatic heterocycles. The molecule has 0 aliphatic carbocycles. The van der Waals surface area contributed by atoms with Gasteiger partial charge in [-0.25, -0.2) is 14.4 Å². The van der Waals surface area contributed by atoms with E-state index < -0.39 is 24.5 Å². The standard InChI is InChI=1S/C18H18FN3O3/c1-10-13-6-7-22(17(13)21-9-20-10)18-16(24)15(23)14(25-18)8-11-2-4-12(19)5-3-11/h2-7,9,14-16,18,23-24H,8H2,1H3/t14?,15-,16-,18+/m1/s1. The number of aliphatic hydroxyl groups is 2. The Hall–Kier alpha value is -2.35. The van der Waals surface area contributed by atoms with E-state index in [-0.39, 0.29) is 5.82 Å². The van der Waals surface area contributed by atoms with Crippen molar-refractivity contribution in [1.29, 1.82) is 0 Å². The molecule has 0 amide bonds. The van der Waals surface area contributed by atoms with Gasteiger partial charge in [0.05, 0.1) is 11.8 Å². The van der Waals surface area contributed by atoms with Gasteiger partial charge in [-0.1, -0.05) is 12.1 Å². The topological polar surface area (TPSA) is 80.4 Å². The van der Waals surface area contributed by atoms with E-state index in [1.807, 2.05) is 13.0 Å². The van der Waals surface area contributed by atoms with Crippen LogP contribution in [0.4, 0.5) is 4.39 Å². The Morgan fingerprint density at radius 2 is 1.88 bits per heavy atom. The van der Waals surface area contributed by atoms with Gasteiger partial charge in [0.2, 0.25) is 0 Å². The second-order valence-corrected chi connectivity index (χ2v) is 6.30. The number of hydrogen-bond acceptors (Lipinski definition) is 5. The van der Waals surface area contributed by atoms with Crippen molar-refractivity contribution in [2.45, 2.75) is 37.9 Å². The summed E-state index contributed by atoms with van der Waals surface area (Å²) in [7, 11) is 0. The van der Waals surface area contributed by atoms with E-state index in [2.05, 4.69) is 9.97 Å². The first kappa shape index (κ1) is 16.1. The summed E-state index contributed by atoms with van der Waals surface area (Å²) in [6.07, 6.45) is 0.141. The summed E-state index contributed by atoms with van der Waals surface area (Å²) in [6, 6.07) is 7.88. The van der Waals surface area contributed by atoms with Crippen LogP contribution in [0.5, 0.6) is 0 Å². The van der Waals surface area contributed by atoms with Crippen molar-refractivity contribution in [3.63, 3.8) is 0 Å². The van der Waals surface area contributed by atoms with Gasteiger partial charge in [0.15, 0.2) is 6.23 Å². The number of nitrogens with zero attached hydrogens (tertiary/aromatic N) is 3. The Labute approximate surface area is 143 Å². The molecule has 0 spiro atoms. The second-order valence-electron chi connectivity index (χ2n) is 6.30. The highest BCUT2D eigenvalue weighted by Crippen LogP contribution is 2.33. The molecule has 0 radical (unpaired) electrons. The molecule has 1 aromatic carbocycles. The molecular formula is C18H18FN3O3. The molecule has 4 atom stereocenters. The zero-order valence-electron chi connectivity index (χ0n) is 13.6. The molecule has 2 aromatic heterocycles. The Morgan fingerprint density at radius 3 is 2.64 bits per heavy atom. The van der Waals surface area contributed by atoms with Gasteiger partial charge in [-0.2, -0.15) is 0 Å². The summed E-state index contributed by atoms with van der Waals surface area (Å²) in [5.74, 6) is -0.316. The third-order valence-electron chi connectivity index (χ3n) is 4.67. The molecule has 1 saturated heterocycles. The highest BCUT2D eigenvalue weighted by atomic mass is 19.1. The number of ether oxygens (including phenoxy) is 1. The van der Waals surface area contributed by atoms with Crippen molar-refractivity contribution in [2.24, 2.45) is 0 Å². The van der Waals surface area contributed by atoms with E-state index in [9.17, 15) is 14.6 Å². The van der Waals surface area contributed by atoms with Crippen molar-refractivity contribution in [2.75, 3.05) is 0 Å². The summed E-state index contributed by atoms with van der Waals surface area (Å²) < 4.78 is 20.7. The second kappa shape index (κ2) is 6.18. The van der Waals surface area contributed by atoms with E-state index in [0.717, 1.165) is 16.6 Å². The van der Waals surface area contributed by atoms with Crippen LogP contribution in [0.2, 0.25) is 0 Å². The monoisotopic (exact) mass is 343 g/mol. The fourth-order valence-electron chi connectivity index (χ4n) is 3.28. The minimum atomic E-state index is -1.09. The largest absolute Gasteiger partial charge is 0.388 e. The van der Waals surface area contributed by atoms with Gasteiger partial charge in [0, 0.05) is 18.0 Å². The molecule has 0 saturated carbocycles. The van der Waals surface area contributed by atoms with Crippen LogP contribution in [0.15, 0.2) is 42.9 Å². The third-order valence-corrected chi connectivity index (χ3v) is 4.67. The van der Waals surface area contributed by atoms with E-state index in [4.69, 9.17) is 4.74 Å². The first-order valence-corrected chi connectivity index (χ1v) is 8.09. The normalized spacial score (nSPS) is 26.4. The van der Waals surface area contributed by atoms with Gasteiger partial charge in [0.1, 0.15) is 30.0 Å². The number of fused-ring (bicyclic) bond motifs is 1. The van der Waals surface area contributed by atoms with E-state index in [0.29, 0.717) is 12.1 Å². The summed E-state index contributed by atoms with van der Waals surface area (Å²) in [4.78, 5) is 8.41.